The summed E-state index contributed by atoms with van der Waals surface area (Å²) in [5, 5.41) is 17.9. The van der Waals surface area contributed by atoms with Crippen molar-refractivity contribution >= 4 is 11.9 Å². The number of benzene rings is 1. The molecule has 108 valence electrons. The molecule has 1 saturated heterocycles. The van der Waals surface area contributed by atoms with E-state index >= 15 is 0 Å². The summed E-state index contributed by atoms with van der Waals surface area (Å²) in [6.07, 6.45) is -0.577. The van der Waals surface area contributed by atoms with Crippen LogP contribution in [0, 0.1) is 0 Å². The van der Waals surface area contributed by atoms with Crippen molar-refractivity contribution in [2.45, 2.75) is 12.2 Å². The van der Waals surface area contributed by atoms with E-state index in [4.69, 9.17) is 24.4 Å². The fraction of sp³-hybridized carbons (Fsp3) is 0.385. The Morgan fingerprint density at radius 3 is 2.35 bits per heavy atom. The standard InChI is InChI=1S/C13H14O7/c1-18-9-6-7(10(11(14)15)12(16)17)2-3-8(9)13-19-4-5-20-13/h2-3,6,10,13H,4-5H2,1H3,(H,14,15)(H,16,17). The maximum atomic E-state index is 11.0. The molecule has 1 aliphatic rings. The predicted molar refractivity (Wildman–Crippen MR) is 65.7 cm³/mol. The lowest BCUT2D eigenvalue weighted by atomic mass is 9.97. The topological polar surface area (TPSA) is 102 Å². The van der Waals surface area contributed by atoms with E-state index in [1.54, 1.807) is 6.07 Å². The lowest BCUT2D eigenvalue weighted by Gasteiger charge is -2.16. The van der Waals surface area contributed by atoms with Gasteiger partial charge in [-0.1, -0.05) is 6.07 Å². The Labute approximate surface area is 114 Å². The zero-order valence-corrected chi connectivity index (χ0v) is 10.7. The first-order valence-corrected chi connectivity index (χ1v) is 5.91. The number of hydrogen-bond donors (Lipinski definition) is 2. The first-order chi connectivity index (χ1) is 9.54. The minimum atomic E-state index is -1.64. The Hall–Kier alpha value is -2.12. The van der Waals surface area contributed by atoms with Crippen LogP contribution in [0.5, 0.6) is 5.75 Å². The predicted octanol–water partition coefficient (Wildman–Crippen LogP) is 0.993. The van der Waals surface area contributed by atoms with Crippen LogP contribution in [-0.2, 0) is 19.1 Å². The molecule has 0 radical (unpaired) electrons. The van der Waals surface area contributed by atoms with Gasteiger partial charge in [0.2, 0.25) is 0 Å². The van der Waals surface area contributed by atoms with Crippen LogP contribution in [0.1, 0.15) is 23.3 Å². The molecule has 0 saturated carbocycles. The van der Waals surface area contributed by atoms with Crippen molar-refractivity contribution in [2.75, 3.05) is 20.3 Å². The molecule has 7 heteroatoms. The van der Waals surface area contributed by atoms with Crippen LogP contribution in [0.4, 0.5) is 0 Å². The van der Waals surface area contributed by atoms with Gasteiger partial charge < -0.3 is 24.4 Å². The van der Waals surface area contributed by atoms with Gasteiger partial charge in [0.05, 0.1) is 20.3 Å². The van der Waals surface area contributed by atoms with E-state index in [-0.39, 0.29) is 5.56 Å². The molecule has 1 aromatic carbocycles. The highest BCUT2D eigenvalue weighted by Crippen LogP contribution is 2.33. The van der Waals surface area contributed by atoms with E-state index in [1.807, 2.05) is 0 Å². The van der Waals surface area contributed by atoms with E-state index < -0.39 is 24.1 Å². The van der Waals surface area contributed by atoms with Gasteiger partial charge in [0.15, 0.2) is 12.2 Å². The summed E-state index contributed by atoms with van der Waals surface area (Å²) in [6, 6.07) is 4.37. The molecule has 2 rings (SSSR count). The van der Waals surface area contributed by atoms with Crippen molar-refractivity contribution in [3.05, 3.63) is 29.3 Å². The van der Waals surface area contributed by atoms with Crippen LogP contribution in [0.15, 0.2) is 18.2 Å². The van der Waals surface area contributed by atoms with Gasteiger partial charge in [-0.15, -0.1) is 0 Å². The largest absolute Gasteiger partial charge is 0.496 e. The van der Waals surface area contributed by atoms with Gasteiger partial charge in [0.1, 0.15) is 5.75 Å². The fourth-order valence-corrected chi connectivity index (χ4v) is 2.03. The van der Waals surface area contributed by atoms with Crippen LogP contribution >= 0.6 is 0 Å². The van der Waals surface area contributed by atoms with Crippen molar-refractivity contribution in [3.8, 4) is 5.75 Å². The number of carbonyl (C=O) groups is 2. The van der Waals surface area contributed by atoms with Gasteiger partial charge in [-0.2, -0.15) is 0 Å². The minimum absolute atomic E-state index is 0.128. The second-order valence-electron chi connectivity index (χ2n) is 4.18. The summed E-state index contributed by atoms with van der Waals surface area (Å²) < 4.78 is 15.8. The van der Waals surface area contributed by atoms with Gasteiger partial charge in [-0.05, 0) is 17.7 Å². The number of rotatable bonds is 5. The second kappa shape index (κ2) is 5.89. The molecule has 0 unspecified atom stereocenters. The van der Waals surface area contributed by atoms with Crippen LogP contribution in [0.3, 0.4) is 0 Å². The zero-order valence-electron chi connectivity index (χ0n) is 10.7. The fourth-order valence-electron chi connectivity index (χ4n) is 2.03. The Morgan fingerprint density at radius 1 is 1.25 bits per heavy atom. The number of carboxylic acid groups (broad SMARTS) is 2. The molecular formula is C13H14O7. The Kier molecular flexibility index (Phi) is 4.21. The first kappa shape index (κ1) is 14.3. The van der Waals surface area contributed by atoms with Crippen LogP contribution in [-0.4, -0.2) is 42.5 Å². The Balaban J connectivity index is 2.37. The third-order valence-corrected chi connectivity index (χ3v) is 2.96. The average Bonchev–Trinajstić information content (AvgIpc) is 2.91. The summed E-state index contributed by atoms with van der Waals surface area (Å²) in [5.41, 5.74) is 0.729. The zero-order chi connectivity index (χ0) is 14.7. The SMILES string of the molecule is COc1cc(C(C(=O)O)C(=O)O)ccc1C1OCCO1. The second-order valence-corrected chi connectivity index (χ2v) is 4.18. The highest BCUT2D eigenvalue weighted by atomic mass is 16.7. The van der Waals surface area contributed by atoms with Crippen molar-refractivity contribution in [2.24, 2.45) is 0 Å². The molecule has 1 aliphatic heterocycles. The molecule has 1 aromatic rings. The van der Waals surface area contributed by atoms with Crippen molar-refractivity contribution in [1.29, 1.82) is 0 Å². The number of hydrogen-bond acceptors (Lipinski definition) is 5. The summed E-state index contributed by atoms with van der Waals surface area (Å²) in [5.74, 6) is -4.16. The Bertz CT molecular complexity index is 505. The monoisotopic (exact) mass is 282 g/mol. The minimum Gasteiger partial charge on any atom is -0.496 e. The lowest BCUT2D eigenvalue weighted by molar-refractivity contribution is -0.150. The van der Waals surface area contributed by atoms with E-state index in [0.29, 0.717) is 24.5 Å². The average molecular weight is 282 g/mol. The molecule has 20 heavy (non-hydrogen) atoms. The first-order valence-electron chi connectivity index (χ1n) is 5.91. The molecular weight excluding hydrogens is 268 g/mol. The van der Waals surface area contributed by atoms with Gasteiger partial charge in [-0.25, -0.2) is 0 Å². The molecule has 0 atom stereocenters. The molecule has 2 N–H and O–H groups in total. The quantitative estimate of drug-likeness (QED) is 0.776. The highest BCUT2D eigenvalue weighted by molar-refractivity contribution is 5.99. The van der Waals surface area contributed by atoms with E-state index in [1.165, 1.54) is 19.2 Å². The Morgan fingerprint density at radius 2 is 1.85 bits per heavy atom. The van der Waals surface area contributed by atoms with Crippen molar-refractivity contribution in [1.82, 2.24) is 0 Å². The van der Waals surface area contributed by atoms with Gasteiger partial charge in [-0.3, -0.25) is 9.59 Å². The number of ether oxygens (including phenoxy) is 3. The maximum Gasteiger partial charge on any atom is 0.322 e. The van der Waals surface area contributed by atoms with Gasteiger partial charge in [0, 0.05) is 5.56 Å². The third-order valence-electron chi connectivity index (χ3n) is 2.96. The van der Waals surface area contributed by atoms with Gasteiger partial charge in [0.25, 0.3) is 0 Å². The van der Waals surface area contributed by atoms with Crippen LogP contribution in [0.2, 0.25) is 0 Å². The molecule has 0 aromatic heterocycles. The summed E-state index contributed by atoms with van der Waals surface area (Å²) in [6.45, 7) is 0.922. The van der Waals surface area contributed by atoms with E-state index in [2.05, 4.69) is 0 Å². The van der Waals surface area contributed by atoms with Crippen LogP contribution in [0.25, 0.3) is 0 Å². The smallest absolute Gasteiger partial charge is 0.322 e. The molecule has 0 spiro atoms. The molecule has 1 heterocycles. The van der Waals surface area contributed by atoms with E-state index in [9.17, 15) is 9.59 Å². The van der Waals surface area contributed by atoms with E-state index in [0.717, 1.165) is 0 Å². The molecule has 7 nitrogen and oxygen atoms in total. The maximum absolute atomic E-state index is 11.0. The van der Waals surface area contributed by atoms with Crippen LogP contribution < -0.4 is 4.74 Å². The lowest BCUT2D eigenvalue weighted by Crippen LogP contribution is -2.21. The molecule has 0 aliphatic carbocycles. The summed E-state index contributed by atoms with van der Waals surface area (Å²) in [7, 11) is 1.41. The normalized spacial score (nSPS) is 15.5. The summed E-state index contributed by atoms with van der Waals surface area (Å²) in [4.78, 5) is 22.0. The highest BCUT2D eigenvalue weighted by Gasteiger charge is 2.30. The number of methoxy groups -OCH3 is 1. The van der Waals surface area contributed by atoms with Crippen molar-refractivity contribution in [3.63, 3.8) is 0 Å². The number of aliphatic carboxylic acids is 2. The molecule has 0 amide bonds. The molecule has 0 bridgehead atoms. The third kappa shape index (κ3) is 2.73. The van der Waals surface area contributed by atoms with Crippen molar-refractivity contribution < 1.29 is 34.0 Å². The number of carboxylic acids is 2. The van der Waals surface area contributed by atoms with Gasteiger partial charge >= 0.3 is 11.9 Å². The summed E-state index contributed by atoms with van der Waals surface area (Å²) >= 11 is 0. The molecule has 1 fully saturated rings.